The van der Waals surface area contributed by atoms with E-state index < -0.39 is 6.09 Å². The van der Waals surface area contributed by atoms with Gasteiger partial charge in [0, 0.05) is 6.04 Å². The molecule has 52 valence electrons. The third-order valence-electron chi connectivity index (χ3n) is 1.14. The zero-order valence-electron chi connectivity index (χ0n) is 5.31. The maximum absolute atomic E-state index is 10.3. The molecule has 0 atom stereocenters. The van der Waals surface area contributed by atoms with Gasteiger partial charge in [0.2, 0.25) is 0 Å². The molecule has 4 heteroatoms. The minimum absolute atomic E-state index is 0.429. The number of nitrogens with one attached hydrogen (secondary N) is 2. The number of carbonyl (C=O) groups excluding carboxylic acids is 1. The van der Waals surface area contributed by atoms with E-state index in [-0.39, 0.29) is 0 Å². The Balaban J connectivity index is 1.96. The summed E-state index contributed by atoms with van der Waals surface area (Å²) in [5.41, 5.74) is 5.17. The summed E-state index contributed by atoms with van der Waals surface area (Å²) in [4.78, 5) is 10.3. The summed E-state index contributed by atoms with van der Waals surface area (Å²) in [7, 11) is 1.34. The molecule has 2 N–H and O–H groups in total. The fraction of sp³-hybridized carbons (Fsp3) is 0.800. The van der Waals surface area contributed by atoms with Crippen molar-refractivity contribution in [2.75, 3.05) is 7.11 Å². The van der Waals surface area contributed by atoms with E-state index in [1.807, 2.05) is 0 Å². The average Bonchev–Trinajstić information content (AvgIpc) is 2.65. The van der Waals surface area contributed by atoms with Gasteiger partial charge < -0.3 is 4.74 Å². The molecule has 0 spiro atoms. The Hall–Kier alpha value is -0.770. The Labute approximate surface area is 53.5 Å². The van der Waals surface area contributed by atoms with Crippen LogP contribution in [0.1, 0.15) is 12.8 Å². The molecular formula is C5H10N2O2. The number of carbonyl (C=O) groups is 1. The van der Waals surface area contributed by atoms with Crippen LogP contribution in [0.15, 0.2) is 0 Å². The summed E-state index contributed by atoms with van der Waals surface area (Å²) < 4.78 is 4.32. The monoisotopic (exact) mass is 130 g/mol. The minimum atomic E-state index is -0.429. The molecule has 1 saturated carbocycles. The van der Waals surface area contributed by atoms with Crippen LogP contribution in [0.5, 0.6) is 0 Å². The molecular weight excluding hydrogens is 120 g/mol. The third kappa shape index (κ3) is 2.32. The van der Waals surface area contributed by atoms with Crippen molar-refractivity contribution in [3.05, 3.63) is 0 Å². The summed E-state index contributed by atoms with van der Waals surface area (Å²) in [6, 6.07) is 0.476. The number of hydrogen-bond acceptors (Lipinski definition) is 3. The fourth-order valence-corrected chi connectivity index (χ4v) is 0.440. The highest BCUT2D eigenvalue weighted by Crippen LogP contribution is 2.17. The highest BCUT2D eigenvalue weighted by Gasteiger charge is 2.20. The van der Waals surface area contributed by atoms with Crippen LogP contribution in [-0.4, -0.2) is 19.2 Å². The molecule has 1 aliphatic carbocycles. The second kappa shape index (κ2) is 2.68. The normalized spacial score (nSPS) is 17.0. The molecule has 0 saturated heterocycles. The minimum Gasteiger partial charge on any atom is -0.452 e. The predicted molar refractivity (Wildman–Crippen MR) is 31.7 cm³/mol. The first kappa shape index (κ1) is 6.35. The quantitative estimate of drug-likeness (QED) is 0.518. The van der Waals surface area contributed by atoms with E-state index in [1.165, 1.54) is 7.11 Å². The number of hydrogen-bond donors (Lipinski definition) is 2. The van der Waals surface area contributed by atoms with Gasteiger partial charge in [-0.3, -0.25) is 5.43 Å². The lowest BCUT2D eigenvalue weighted by atomic mass is 10.8. The summed E-state index contributed by atoms with van der Waals surface area (Å²) in [5.74, 6) is 0. The highest BCUT2D eigenvalue weighted by atomic mass is 16.5. The van der Waals surface area contributed by atoms with Crippen LogP contribution in [0.3, 0.4) is 0 Å². The van der Waals surface area contributed by atoms with E-state index in [2.05, 4.69) is 15.6 Å². The van der Waals surface area contributed by atoms with Gasteiger partial charge in [-0.25, -0.2) is 10.2 Å². The molecule has 0 aromatic carbocycles. The third-order valence-corrected chi connectivity index (χ3v) is 1.14. The molecule has 4 nitrogen and oxygen atoms in total. The Morgan fingerprint density at radius 3 is 2.78 bits per heavy atom. The van der Waals surface area contributed by atoms with Crippen LogP contribution in [0.25, 0.3) is 0 Å². The van der Waals surface area contributed by atoms with Crippen molar-refractivity contribution in [3.8, 4) is 0 Å². The van der Waals surface area contributed by atoms with Gasteiger partial charge in [0.05, 0.1) is 7.11 Å². The maximum Gasteiger partial charge on any atom is 0.421 e. The van der Waals surface area contributed by atoms with Gasteiger partial charge >= 0.3 is 6.09 Å². The molecule has 0 unspecified atom stereocenters. The van der Waals surface area contributed by atoms with Crippen LogP contribution >= 0.6 is 0 Å². The van der Waals surface area contributed by atoms with Crippen LogP contribution in [0.2, 0.25) is 0 Å². The fourth-order valence-electron chi connectivity index (χ4n) is 0.440. The van der Waals surface area contributed by atoms with Crippen molar-refractivity contribution in [1.82, 2.24) is 10.9 Å². The van der Waals surface area contributed by atoms with Crippen LogP contribution < -0.4 is 10.9 Å². The molecule has 9 heavy (non-hydrogen) atoms. The molecule has 0 aromatic rings. The van der Waals surface area contributed by atoms with E-state index in [1.54, 1.807) is 0 Å². The summed E-state index contributed by atoms with van der Waals surface area (Å²) >= 11 is 0. The van der Waals surface area contributed by atoms with Crippen molar-refractivity contribution in [1.29, 1.82) is 0 Å². The first-order chi connectivity index (χ1) is 4.33. The van der Waals surface area contributed by atoms with Crippen LogP contribution in [-0.2, 0) is 4.74 Å². The lowest BCUT2D eigenvalue weighted by molar-refractivity contribution is 0.165. The average molecular weight is 130 g/mol. The lowest BCUT2D eigenvalue weighted by Crippen LogP contribution is -2.38. The van der Waals surface area contributed by atoms with Crippen molar-refractivity contribution < 1.29 is 9.53 Å². The van der Waals surface area contributed by atoms with Crippen LogP contribution in [0.4, 0.5) is 4.79 Å². The number of hydrazine groups is 1. The second-order valence-electron chi connectivity index (χ2n) is 2.04. The Bertz CT molecular complexity index is 112. The summed E-state index contributed by atoms with van der Waals surface area (Å²) in [6.07, 6.45) is 1.86. The van der Waals surface area contributed by atoms with Gasteiger partial charge in [-0.2, -0.15) is 0 Å². The number of amides is 1. The molecule has 0 aliphatic heterocycles. The van der Waals surface area contributed by atoms with Crippen molar-refractivity contribution in [3.63, 3.8) is 0 Å². The molecule has 1 aliphatic rings. The SMILES string of the molecule is COC(=O)NNC1CC1. The maximum atomic E-state index is 10.3. The topological polar surface area (TPSA) is 50.4 Å². The van der Waals surface area contributed by atoms with Crippen molar-refractivity contribution >= 4 is 6.09 Å². The number of ether oxygens (including phenoxy) is 1. The van der Waals surface area contributed by atoms with E-state index in [0.717, 1.165) is 12.8 Å². The summed E-state index contributed by atoms with van der Waals surface area (Å²) in [6.45, 7) is 0. The van der Waals surface area contributed by atoms with Gasteiger partial charge in [0.25, 0.3) is 0 Å². The zero-order chi connectivity index (χ0) is 6.69. The first-order valence-corrected chi connectivity index (χ1v) is 2.92. The zero-order valence-corrected chi connectivity index (χ0v) is 5.31. The lowest BCUT2D eigenvalue weighted by Gasteiger charge is -2.01. The molecule has 0 bridgehead atoms. The van der Waals surface area contributed by atoms with Crippen molar-refractivity contribution in [2.24, 2.45) is 0 Å². The van der Waals surface area contributed by atoms with E-state index in [4.69, 9.17) is 0 Å². The van der Waals surface area contributed by atoms with Crippen LogP contribution in [0, 0.1) is 0 Å². The van der Waals surface area contributed by atoms with E-state index >= 15 is 0 Å². The Morgan fingerprint density at radius 1 is 1.67 bits per heavy atom. The van der Waals surface area contributed by atoms with Gasteiger partial charge in [-0.05, 0) is 12.8 Å². The molecule has 0 heterocycles. The largest absolute Gasteiger partial charge is 0.452 e. The Morgan fingerprint density at radius 2 is 2.33 bits per heavy atom. The van der Waals surface area contributed by atoms with E-state index in [0.29, 0.717) is 6.04 Å². The predicted octanol–water partition coefficient (Wildman–Crippen LogP) is 0.00940. The van der Waals surface area contributed by atoms with Gasteiger partial charge in [-0.15, -0.1) is 0 Å². The molecule has 1 fully saturated rings. The van der Waals surface area contributed by atoms with Gasteiger partial charge in [0.1, 0.15) is 0 Å². The molecule has 0 radical (unpaired) electrons. The van der Waals surface area contributed by atoms with Gasteiger partial charge in [-0.1, -0.05) is 0 Å². The molecule has 1 rings (SSSR count). The van der Waals surface area contributed by atoms with E-state index in [9.17, 15) is 4.79 Å². The highest BCUT2D eigenvalue weighted by molar-refractivity contribution is 5.66. The first-order valence-electron chi connectivity index (χ1n) is 2.92. The molecule has 1 amide bonds. The summed E-state index contributed by atoms with van der Waals surface area (Å²) in [5, 5.41) is 0. The van der Waals surface area contributed by atoms with Crippen molar-refractivity contribution in [2.45, 2.75) is 18.9 Å². The Kier molecular flexibility index (Phi) is 1.89. The smallest absolute Gasteiger partial charge is 0.421 e. The number of methoxy groups -OCH3 is 1. The number of rotatable bonds is 2. The second-order valence-corrected chi connectivity index (χ2v) is 2.04. The van der Waals surface area contributed by atoms with Gasteiger partial charge in [0.15, 0.2) is 0 Å². The standard InChI is InChI=1S/C5H10N2O2/c1-9-5(8)7-6-4-2-3-4/h4,6H,2-3H2,1H3,(H,7,8). The molecule has 0 aromatic heterocycles.